The normalized spacial score (nSPS) is 18.0. The van der Waals surface area contributed by atoms with Gasteiger partial charge in [-0.25, -0.2) is 0 Å². The maximum absolute atomic E-state index is 10.8. The Balaban J connectivity index is 1.70. The molecule has 0 aromatic heterocycles. The zero-order chi connectivity index (χ0) is 17.1. The Labute approximate surface area is 147 Å². The molecule has 3 aromatic carbocycles. The summed E-state index contributed by atoms with van der Waals surface area (Å²) in [5, 5.41) is 10.8. The van der Waals surface area contributed by atoms with Gasteiger partial charge in [0, 0.05) is 17.8 Å². The van der Waals surface area contributed by atoms with Gasteiger partial charge in [0.2, 0.25) is 0 Å². The van der Waals surface area contributed by atoms with E-state index in [1.165, 1.54) is 0 Å². The van der Waals surface area contributed by atoms with Crippen molar-refractivity contribution in [2.45, 2.75) is 12.1 Å². The quantitative estimate of drug-likeness (QED) is 0.784. The summed E-state index contributed by atoms with van der Waals surface area (Å²) in [5.41, 5.74) is 3.06. The summed E-state index contributed by atoms with van der Waals surface area (Å²) < 4.78 is 0. The molecule has 0 radical (unpaired) electrons. The van der Waals surface area contributed by atoms with Crippen LogP contribution in [0, 0.1) is 0 Å². The van der Waals surface area contributed by atoms with Crippen LogP contribution in [0.4, 0.5) is 5.69 Å². The Morgan fingerprint density at radius 3 is 2.00 bits per heavy atom. The molecule has 2 atom stereocenters. The smallest absolute Gasteiger partial charge is 0.135 e. The van der Waals surface area contributed by atoms with E-state index in [0.717, 1.165) is 22.6 Å². The van der Waals surface area contributed by atoms with E-state index in [9.17, 15) is 5.11 Å². The van der Waals surface area contributed by atoms with Crippen LogP contribution in [0.3, 0.4) is 0 Å². The van der Waals surface area contributed by atoms with Crippen LogP contribution in [0.5, 0.6) is 0 Å². The molecule has 0 unspecified atom stereocenters. The van der Waals surface area contributed by atoms with E-state index in [1.807, 2.05) is 66.7 Å². The molecule has 0 aliphatic carbocycles. The van der Waals surface area contributed by atoms with Crippen LogP contribution in [0.1, 0.15) is 17.2 Å². The first-order valence-corrected chi connectivity index (χ1v) is 8.52. The van der Waals surface area contributed by atoms with Crippen molar-refractivity contribution in [3.05, 3.63) is 102 Å². The number of nitrogens with zero attached hydrogens (tertiary/aromatic N) is 2. The molecular weight excluding hydrogens is 308 g/mol. The van der Waals surface area contributed by atoms with E-state index in [0.29, 0.717) is 6.54 Å². The highest BCUT2D eigenvalue weighted by atomic mass is 16.3. The number of hydrogen-bond acceptors (Lipinski definition) is 3. The van der Waals surface area contributed by atoms with Gasteiger partial charge in [-0.15, -0.1) is 0 Å². The van der Waals surface area contributed by atoms with Crippen molar-refractivity contribution in [2.24, 2.45) is 4.99 Å². The van der Waals surface area contributed by atoms with E-state index in [-0.39, 0.29) is 6.04 Å². The lowest BCUT2D eigenvalue weighted by atomic mass is 10.0. The number of aliphatic hydroxyl groups is 1. The van der Waals surface area contributed by atoms with Crippen LogP contribution in [0.2, 0.25) is 0 Å². The van der Waals surface area contributed by atoms with Crippen molar-refractivity contribution < 1.29 is 5.11 Å². The largest absolute Gasteiger partial charge is 0.386 e. The Morgan fingerprint density at radius 2 is 1.36 bits per heavy atom. The molecule has 25 heavy (non-hydrogen) atoms. The van der Waals surface area contributed by atoms with Crippen molar-refractivity contribution in [1.29, 1.82) is 0 Å². The molecule has 0 saturated heterocycles. The number of aliphatic imine (C=N–C) groups is 1. The van der Waals surface area contributed by atoms with E-state index in [2.05, 4.69) is 29.2 Å². The zero-order valence-corrected chi connectivity index (χ0v) is 13.9. The first-order chi connectivity index (χ1) is 12.3. The van der Waals surface area contributed by atoms with Crippen molar-refractivity contribution >= 4 is 11.5 Å². The molecule has 1 aliphatic rings. The van der Waals surface area contributed by atoms with Crippen LogP contribution in [-0.4, -0.2) is 23.5 Å². The summed E-state index contributed by atoms with van der Waals surface area (Å²) in [6.45, 7) is 0.657. The molecule has 1 N–H and O–H groups in total. The molecular formula is C22H20N2O. The third kappa shape index (κ3) is 3.19. The van der Waals surface area contributed by atoms with Gasteiger partial charge in [-0.05, 0) is 17.7 Å². The predicted molar refractivity (Wildman–Crippen MR) is 102 cm³/mol. The highest BCUT2D eigenvalue weighted by molar-refractivity contribution is 6.11. The van der Waals surface area contributed by atoms with Crippen molar-refractivity contribution in [3.8, 4) is 0 Å². The maximum Gasteiger partial charge on any atom is 0.135 e. The number of amidine groups is 1. The Hall–Kier alpha value is -2.91. The topological polar surface area (TPSA) is 35.8 Å². The molecule has 3 heteroatoms. The number of hydrogen-bond donors (Lipinski definition) is 1. The lowest BCUT2D eigenvalue weighted by Gasteiger charge is -2.22. The van der Waals surface area contributed by atoms with Gasteiger partial charge in [-0.3, -0.25) is 4.99 Å². The minimum atomic E-state index is -0.617. The molecule has 0 saturated carbocycles. The van der Waals surface area contributed by atoms with E-state index < -0.39 is 6.10 Å². The van der Waals surface area contributed by atoms with Crippen LogP contribution in [0.25, 0.3) is 0 Å². The zero-order valence-electron chi connectivity index (χ0n) is 13.9. The van der Waals surface area contributed by atoms with Gasteiger partial charge in [0.05, 0.1) is 0 Å². The number of aliphatic hydroxyl groups excluding tert-OH is 1. The summed E-state index contributed by atoms with van der Waals surface area (Å²) in [5.74, 6) is 0.909. The lowest BCUT2D eigenvalue weighted by Crippen LogP contribution is -2.31. The number of para-hydroxylation sites is 1. The lowest BCUT2D eigenvalue weighted by molar-refractivity contribution is 0.153. The molecule has 124 valence electrons. The maximum atomic E-state index is 10.8. The average Bonchev–Trinajstić information content (AvgIpc) is 3.15. The minimum absolute atomic E-state index is 0.196. The van der Waals surface area contributed by atoms with Crippen LogP contribution >= 0.6 is 0 Å². The third-order valence-electron chi connectivity index (χ3n) is 4.52. The number of benzene rings is 3. The Bertz CT molecular complexity index is 847. The second-order valence-corrected chi connectivity index (χ2v) is 6.19. The van der Waals surface area contributed by atoms with Gasteiger partial charge in [-0.1, -0.05) is 78.9 Å². The minimum Gasteiger partial charge on any atom is -0.386 e. The fraction of sp³-hybridized carbons (Fsp3) is 0.136. The molecule has 0 bridgehead atoms. The molecule has 0 fully saturated rings. The number of anilines is 1. The second kappa shape index (κ2) is 6.91. The first-order valence-electron chi connectivity index (χ1n) is 8.52. The van der Waals surface area contributed by atoms with Crippen LogP contribution in [-0.2, 0) is 0 Å². The Kier molecular flexibility index (Phi) is 4.32. The molecule has 3 nitrogen and oxygen atoms in total. The molecule has 0 amide bonds. The monoisotopic (exact) mass is 328 g/mol. The van der Waals surface area contributed by atoms with Gasteiger partial charge < -0.3 is 10.0 Å². The van der Waals surface area contributed by atoms with Crippen molar-refractivity contribution in [3.63, 3.8) is 0 Å². The van der Waals surface area contributed by atoms with Gasteiger partial charge in [0.1, 0.15) is 18.0 Å². The highest BCUT2D eigenvalue weighted by Crippen LogP contribution is 2.29. The van der Waals surface area contributed by atoms with Gasteiger partial charge in [0.15, 0.2) is 0 Å². The van der Waals surface area contributed by atoms with Crippen LogP contribution in [0.15, 0.2) is 96.0 Å². The second-order valence-electron chi connectivity index (χ2n) is 6.19. The summed E-state index contributed by atoms with van der Waals surface area (Å²) in [7, 11) is 0. The summed E-state index contributed by atoms with van der Waals surface area (Å²) in [6.07, 6.45) is -0.617. The van der Waals surface area contributed by atoms with Gasteiger partial charge in [0.25, 0.3) is 0 Å². The fourth-order valence-corrected chi connectivity index (χ4v) is 3.24. The standard InChI is InChI=1S/C22H20N2O/c25-21(17-10-4-1-5-11-17)20-16-24(19-14-8-3-9-15-19)22(23-20)18-12-6-2-7-13-18/h1-15,20-21,25H,16H2/t20-,21+/m0/s1. The summed E-state index contributed by atoms with van der Waals surface area (Å²) in [4.78, 5) is 7.07. The van der Waals surface area contributed by atoms with Crippen molar-refractivity contribution in [1.82, 2.24) is 0 Å². The Morgan fingerprint density at radius 1 is 0.800 bits per heavy atom. The van der Waals surface area contributed by atoms with Crippen molar-refractivity contribution in [2.75, 3.05) is 11.4 Å². The molecule has 0 spiro atoms. The SMILES string of the molecule is O[C@H](c1ccccc1)[C@@H]1CN(c2ccccc2)C(c2ccccc2)=N1. The fourth-order valence-electron chi connectivity index (χ4n) is 3.24. The van der Waals surface area contributed by atoms with Gasteiger partial charge in [-0.2, -0.15) is 0 Å². The third-order valence-corrected chi connectivity index (χ3v) is 4.52. The van der Waals surface area contributed by atoms with Crippen LogP contribution < -0.4 is 4.90 Å². The summed E-state index contributed by atoms with van der Waals surface area (Å²) >= 11 is 0. The number of rotatable bonds is 4. The highest BCUT2D eigenvalue weighted by Gasteiger charge is 2.32. The average molecular weight is 328 g/mol. The van der Waals surface area contributed by atoms with E-state index >= 15 is 0 Å². The van der Waals surface area contributed by atoms with E-state index in [4.69, 9.17) is 4.99 Å². The first kappa shape index (κ1) is 15.6. The predicted octanol–water partition coefficient (Wildman–Crippen LogP) is 4.06. The summed E-state index contributed by atoms with van der Waals surface area (Å²) in [6, 6.07) is 29.9. The van der Waals surface area contributed by atoms with E-state index in [1.54, 1.807) is 0 Å². The molecule has 3 aromatic rings. The van der Waals surface area contributed by atoms with Gasteiger partial charge >= 0.3 is 0 Å². The molecule has 1 heterocycles. The molecule has 1 aliphatic heterocycles. The molecule has 4 rings (SSSR count).